The highest BCUT2D eigenvalue weighted by Gasteiger charge is 2.36. The van der Waals surface area contributed by atoms with E-state index in [9.17, 15) is 18.0 Å². The van der Waals surface area contributed by atoms with Gasteiger partial charge in [-0.3, -0.25) is 4.79 Å². The van der Waals surface area contributed by atoms with E-state index in [0.717, 1.165) is 11.6 Å². The summed E-state index contributed by atoms with van der Waals surface area (Å²) < 4.78 is 48.4. The predicted octanol–water partition coefficient (Wildman–Crippen LogP) is 5.40. The van der Waals surface area contributed by atoms with Crippen molar-refractivity contribution < 1.29 is 22.7 Å². The van der Waals surface area contributed by atoms with E-state index in [2.05, 4.69) is 15.4 Å². The van der Waals surface area contributed by atoms with E-state index in [0.29, 0.717) is 16.3 Å². The number of rotatable bonds is 6. The van der Waals surface area contributed by atoms with Crippen molar-refractivity contribution in [3.63, 3.8) is 0 Å². The molecule has 4 aromatic rings. The van der Waals surface area contributed by atoms with Crippen LogP contribution in [0.25, 0.3) is 16.7 Å². The summed E-state index contributed by atoms with van der Waals surface area (Å²) in [4.78, 5) is 16.5. The van der Waals surface area contributed by atoms with Gasteiger partial charge in [0.15, 0.2) is 12.3 Å². The molecule has 6 nitrogen and oxygen atoms in total. The average molecular weight is 489 g/mol. The quantitative estimate of drug-likeness (QED) is 0.394. The fourth-order valence-electron chi connectivity index (χ4n) is 3.54. The molecule has 10 heteroatoms. The van der Waals surface area contributed by atoms with E-state index in [4.69, 9.17) is 16.3 Å². The minimum absolute atomic E-state index is 0.0441. The van der Waals surface area contributed by atoms with Crippen LogP contribution in [0.1, 0.15) is 22.4 Å². The molecule has 176 valence electrons. The second kappa shape index (κ2) is 9.34. The van der Waals surface area contributed by atoms with Gasteiger partial charge < -0.3 is 10.1 Å². The Morgan fingerprint density at radius 2 is 1.85 bits per heavy atom. The number of amides is 1. The minimum atomic E-state index is -4.68. The molecule has 34 heavy (non-hydrogen) atoms. The highest BCUT2D eigenvalue weighted by atomic mass is 35.5. The van der Waals surface area contributed by atoms with Crippen LogP contribution in [-0.2, 0) is 17.5 Å². The molecule has 1 N–H and O–H groups in total. The molecule has 2 aromatic heterocycles. The number of fused-ring (bicyclic) bond motifs is 1. The molecule has 0 unspecified atom stereocenters. The SMILES string of the molecule is Cc1c(Cl)cccc1-n1nc(C)c2c(C(F)(F)F)cc(OCC(=O)NCc3ccccc3)nc21. The zero-order valence-corrected chi connectivity index (χ0v) is 19.0. The van der Waals surface area contributed by atoms with Gasteiger partial charge in [0, 0.05) is 17.6 Å². The Bertz CT molecular complexity index is 1350. The molecule has 0 aliphatic carbocycles. The van der Waals surface area contributed by atoms with E-state index in [-0.39, 0.29) is 29.2 Å². The zero-order valence-electron chi connectivity index (χ0n) is 18.3. The number of pyridine rings is 1. The molecule has 0 spiro atoms. The Kier molecular flexibility index (Phi) is 6.47. The molecule has 2 aromatic carbocycles. The second-order valence-electron chi connectivity index (χ2n) is 7.64. The molecule has 0 aliphatic heterocycles. The molecule has 0 radical (unpaired) electrons. The number of benzene rings is 2. The van der Waals surface area contributed by atoms with Gasteiger partial charge in [-0.05, 0) is 37.1 Å². The summed E-state index contributed by atoms with van der Waals surface area (Å²) in [7, 11) is 0. The van der Waals surface area contributed by atoms with Gasteiger partial charge in [0.2, 0.25) is 5.88 Å². The Morgan fingerprint density at radius 1 is 1.12 bits per heavy atom. The lowest BCUT2D eigenvalue weighted by molar-refractivity contribution is -0.136. The molecule has 0 saturated carbocycles. The molecule has 0 saturated heterocycles. The van der Waals surface area contributed by atoms with Gasteiger partial charge >= 0.3 is 6.18 Å². The summed E-state index contributed by atoms with van der Waals surface area (Å²) >= 11 is 6.20. The molecule has 0 aliphatic rings. The monoisotopic (exact) mass is 488 g/mol. The maximum Gasteiger partial charge on any atom is 0.417 e. The molecule has 2 heterocycles. The van der Waals surface area contributed by atoms with E-state index < -0.39 is 24.3 Å². The lowest BCUT2D eigenvalue weighted by Gasteiger charge is -2.13. The van der Waals surface area contributed by atoms with Gasteiger partial charge in [-0.25, -0.2) is 4.68 Å². The first-order chi connectivity index (χ1) is 16.1. The number of ether oxygens (including phenoxy) is 1. The van der Waals surface area contributed by atoms with E-state index >= 15 is 0 Å². The first kappa shape index (κ1) is 23.6. The van der Waals surface area contributed by atoms with Crippen molar-refractivity contribution in [1.29, 1.82) is 0 Å². The number of nitrogens with one attached hydrogen (secondary N) is 1. The summed E-state index contributed by atoms with van der Waals surface area (Å²) in [5.74, 6) is -0.829. The number of aromatic nitrogens is 3. The van der Waals surface area contributed by atoms with Gasteiger partial charge in [0.25, 0.3) is 5.91 Å². The third kappa shape index (κ3) is 4.84. The highest BCUT2D eigenvalue weighted by Crippen LogP contribution is 2.38. The number of carbonyl (C=O) groups is 1. The molecular formula is C24H20ClF3N4O2. The van der Waals surface area contributed by atoms with Gasteiger partial charge in [0.1, 0.15) is 0 Å². The molecule has 4 rings (SSSR count). The number of hydrogen-bond donors (Lipinski definition) is 1. The molecular weight excluding hydrogens is 469 g/mol. The van der Waals surface area contributed by atoms with Crippen LogP contribution in [-0.4, -0.2) is 27.3 Å². The minimum Gasteiger partial charge on any atom is -0.467 e. The summed E-state index contributed by atoms with van der Waals surface area (Å²) in [6, 6.07) is 15.0. The van der Waals surface area contributed by atoms with Crippen LogP contribution in [0.2, 0.25) is 5.02 Å². The molecule has 0 fully saturated rings. The summed E-state index contributed by atoms with van der Waals surface area (Å²) in [6.07, 6.45) is -4.68. The maximum atomic E-state index is 13.9. The zero-order chi connectivity index (χ0) is 24.5. The number of aryl methyl sites for hydroxylation is 1. The summed E-state index contributed by atoms with van der Waals surface area (Å²) in [5.41, 5.74) is 1.17. The third-order valence-electron chi connectivity index (χ3n) is 5.25. The van der Waals surface area contributed by atoms with Crippen LogP contribution in [0.5, 0.6) is 5.88 Å². The average Bonchev–Trinajstić information content (AvgIpc) is 3.13. The van der Waals surface area contributed by atoms with Crippen molar-refractivity contribution in [3.8, 4) is 11.6 Å². The Morgan fingerprint density at radius 3 is 2.56 bits per heavy atom. The van der Waals surface area contributed by atoms with Crippen molar-refractivity contribution in [2.75, 3.05) is 6.61 Å². The molecule has 0 bridgehead atoms. The Labute approximate surface area is 198 Å². The van der Waals surface area contributed by atoms with Crippen molar-refractivity contribution >= 4 is 28.5 Å². The van der Waals surface area contributed by atoms with E-state index in [1.165, 1.54) is 11.6 Å². The largest absolute Gasteiger partial charge is 0.467 e. The topological polar surface area (TPSA) is 69.0 Å². The van der Waals surface area contributed by atoms with Crippen LogP contribution >= 0.6 is 11.6 Å². The molecule has 0 atom stereocenters. The van der Waals surface area contributed by atoms with Crippen LogP contribution < -0.4 is 10.1 Å². The van der Waals surface area contributed by atoms with E-state index in [1.54, 1.807) is 25.1 Å². The van der Waals surface area contributed by atoms with Crippen LogP contribution in [0.15, 0.2) is 54.6 Å². The first-order valence-electron chi connectivity index (χ1n) is 10.3. The first-order valence-corrected chi connectivity index (χ1v) is 10.7. The number of hydrogen-bond acceptors (Lipinski definition) is 4. The van der Waals surface area contributed by atoms with Crippen LogP contribution in [0.3, 0.4) is 0 Å². The van der Waals surface area contributed by atoms with Gasteiger partial charge in [-0.1, -0.05) is 48.0 Å². The van der Waals surface area contributed by atoms with Gasteiger partial charge in [-0.2, -0.15) is 23.3 Å². The standard InChI is InChI=1S/C24H20ClF3N4O2/c1-14-18(25)9-6-10-19(14)32-23-22(15(2)31-32)17(24(26,27)28)11-21(30-23)34-13-20(33)29-12-16-7-4-3-5-8-16/h3-11H,12-13H2,1-2H3,(H,29,33). The number of alkyl halides is 3. The van der Waals surface area contributed by atoms with Gasteiger partial charge in [0.05, 0.1) is 22.3 Å². The van der Waals surface area contributed by atoms with Crippen LogP contribution in [0.4, 0.5) is 13.2 Å². The van der Waals surface area contributed by atoms with Crippen molar-refractivity contribution in [2.24, 2.45) is 0 Å². The fraction of sp³-hybridized carbons (Fsp3) is 0.208. The van der Waals surface area contributed by atoms with Gasteiger partial charge in [-0.15, -0.1) is 0 Å². The lowest BCUT2D eigenvalue weighted by atomic mass is 10.1. The van der Waals surface area contributed by atoms with Crippen molar-refractivity contribution in [1.82, 2.24) is 20.1 Å². The summed E-state index contributed by atoms with van der Waals surface area (Å²) in [5, 5.41) is 7.25. The lowest BCUT2D eigenvalue weighted by Crippen LogP contribution is -2.28. The van der Waals surface area contributed by atoms with E-state index in [1.807, 2.05) is 30.3 Å². The van der Waals surface area contributed by atoms with Crippen molar-refractivity contribution in [2.45, 2.75) is 26.6 Å². The second-order valence-corrected chi connectivity index (χ2v) is 8.04. The van der Waals surface area contributed by atoms with Crippen molar-refractivity contribution in [3.05, 3.63) is 82.0 Å². The molecule has 1 amide bonds. The fourth-order valence-corrected chi connectivity index (χ4v) is 3.71. The number of nitrogens with zero attached hydrogens (tertiary/aromatic N) is 3. The predicted molar refractivity (Wildman–Crippen MR) is 122 cm³/mol. The number of carbonyl (C=O) groups excluding carboxylic acids is 1. The normalized spacial score (nSPS) is 11.6. The third-order valence-corrected chi connectivity index (χ3v) is 5.66. The summed E-state index contributed by atoms with van der Waals surface area (Å²) in [6.45, 7) is 2.99. The number of halogens is 4. The maximum absolute atomic E-state index is 13.9. The highest BCUT2D eigenvalue weighted by molar-refractivity contribution is 6.31. The Hall–Kier alpha value is -3.59. The Balaban J connectivity index is 1.67. The van der Waals surface area contributed by atoms with Crippen LogP contribution in [0, 0.1) is 13.8 Å². The smallest absolute Gasteiger partial charge is 0.417 e.